The fourth-order valence-electron chi connectivity index (χ4n) is 7.56. The van der Waals surface area contributed by atoms with Crippen LogP contribution in [-0.2, 0) is 6.54 Å². The smallest absolute Gasteiger partial charge is 0.304 e. The summed E-state index contributed by atoms with van der Waals surface area (Å²) in [5, 5.41) is 79.1. The number of ether oxygens (including phenoxy) is 3. The van der Waals surface area contributed by atoms with Crippen molar-refractivity contribution in [3.8, 4) is 34.5 Å². The number of nitrogens with zero attached hydrogens (tertiary/aromatic N) is 5. The van der Waals surface area contributed by atoms with Gasteiger partial charge in [0.15, 0.2) is 0 Å². The van der Waals surface area contributed by atoms with Gasteiger partial charge >= 0.3 is 5.69 Å². The lowest BCUT2D eigenvalue weighted by Gasteiger charge is -2.20. The van der Waals surface area contributed by atoms with E-state index in [1.54, 1.807) is 104 Å². The minimum absolute atomic E-state index is 0.0622. The molecule has 494 valence electrons. The Hall–Kier alpha value is -10.6. The largest absolute Gasteiger partial charge is 0.457 e. The van der Waals surface area contributed by atoms with Crippen LogP contribution in [0.15, 0.2) is 170 Å². The lowest BCUT2D eigenvalue weighted by Crippen LogP contribution is -2.29. The van der Waals surface area contributed by atoms with E-state index < -0.39 is 60.3 Å². The molecule has 0 amide bonds. The summed E-state index contributed by atoms with van der Waals surface area (Å²) in [6.45, 7) is 14.2. The van der Waals surface area contributed by atoms with Crippen molar-refractivity contribution >= 4 is 50.8 Å². The molecule has 0 unspecified atom stereocenters. The Morgan fingerprint density at radius 3 is 1.17 bits per heavy atom. The van der Waals surface area contributed by atoms with E-state index in [-0.39, 0.29) is 53.3 Å². The number of nitrogens with one attached hydrogen (secondary N) is 3. The van der Waals surface area contributed by atoms with Gasteiger partial charge in [-0.25, -0.2) is 26.9 Å². The second-order valence-corrected chi connectivity index (χ2v) is 23.0. The third-order valence-electron chi connectivity index (χ3n) is 11.9. The van der Waals surface area contributed by atoms with E-state index in [2.05, 4.69) is 20.9 Å². The summed E-state index contributed by atoms with van der Waals surface area (Å²) < 4.78 is 94.9. The lowest BCUT2D eigenvalue weighted by atomic mass is 10.1. The van der Waals surface area contributed by atoms with Crippen molar-refractivity contribution in [1.29, 1.82) is 0 Å². The third-order valence-corrected chi connectivity index (χ3v) is 11.9. The molecule has 0 radical (unpaired) electrons. The van der Waals surface area contributed by atoms with E-state index in [4.69, 9.17) is 19.9 Å². The molecule has 0 aliphatic carbocycles. The fourth-order valence-corrected chi connectivity index (χ4v) is 7.56. The van der Waals surface area contributed by atoms with Crippen LogP contribution in [0.1, 0.15) is 55.4 Å². The van der Waals surface area contributed by atoms with Gasteiger partial charge in [0.1, 0.15) is 75.0 Å². The van der Waals surface area contributed by atoms with Gasteiger partial charge in [0, 0.05) is 68.2 Å². The molecule has 28 heteroatoms. The van der Waals surface area contributed by atoms with Crippen molar-refractivity contribution in [3.05, 3.63) is 235 Å². The maximum Gasteiger partial charge on any atom is 0.304 e. The van der Waals surface area contributed by atoms with Crippen LogP contribution in [0.25, 0.3) is 11.0 Å². The number of rotatable bonds is 20. The zero-order valence-electron chi connectivity index (χ0n) is 51.5. The molecule has 0 aliphatic rings. The first-order valence-electron chi connectivity index (χ1n) is 28.0. The van der Waals surface area contributed by atoms with Gasteiger partial charge < -0.3 is 60.9 Å². The van der Waals surface area contributed by atoms with Gasteiger partial charge in [0.2, 0.25) is 5.82 Å². The maximum atomic E-state index is 12.9. The highest BCUT2D eigenvalue weighted by Crippen LogP contribution is 2.34. The molecular weight excluding hydrogens is 1230 g/mol. The lowest BCUT2D eigenvalue weighted by molar-refractivity contribution is -0.387. The molecule has 0 saturated heterocycles. The van der Waals surface area contributed by atoms with Gasteiger partial charge in [-0.05, 0) is 171 Å². The molecule has 8 aromatic carbocycles. The van der Waals surface area contributed by atoms with Gasteiger partial charge in [0.25, 0.3) is 11.4 Å². The molecule has 0 saturated carbocycles. The van der Waals surface area contributed by atoms with Crippen LogP contribution in [0.3, 0.4) is 0 Å². The van der Waals surface area contributed by atoms with Crippen LogP contribution in [0, 0.1) is 65.2 Å². The Balaban J connectivity index is 0.000000215. The van der Waals surface area contributed by atoms with Gasteiger partial charge in [-0.15, -0.1) is 0 Å². The van der Waals surface area contributed by atoms with Crippen molar-refractivity contribution in [2.45, 2.75) is 84.3 Å². The van der Waals surface area contributed by atoms with Crippen molar-refractivity contribution in [2.75, 3.05) is 41.3 Å². The SMILES string of the molecule is CC(C)(O)CNc1cc(F)ccc1[N+](=O)[O-].CC(C)(O)CNc1cc(Oc2ccc(F)cc2)ccc1N.CC(C)(O)CNc1cc(Oc2ccc(F)cc2)ccc1[N+](=O)[O-].CC(C)(O)Cn1cnc2ccc(Oc3ccc(F)cc3)cc21.O=[N+]([O-])c1ccc(F)cc1F. The molecular formula is C65H69F6N9O13. The Labute approximate surface area is 529 Å². The number of fused-ring (bicyclic) bond motifs is 1. The third kappa shape index (κ3) is 26.1. The molecule has 93 heavy (non-hydrogen) atoms. The molecule has 0 aliphatic heterocycles. The quantitative estimate of drug-likeness (QED) is 0.0152. The predicted octanol–water partition coefficient (Wildman–Crippen LogP) is 14.6. The number of aliphatic hydroxyl groups is 4. The molecule has 9 N–H and O–H groups in total. The molecule has 9 rings (SSSR count). The number of imidazole rings is 1. The maximum absolute atomic E-state index is 12.9. The highest BCUT2D eigenvalue weighted by Gasteiger charge is 2.22. The summed E-state index contributed by atoms with van der Waals surface area (Å²) in [6, 6.07) is 37.2. The molecule has 0 bridgehead atoms. The summed E-state index contributed by atoms with van der Waals surface area (Å²) in [4.78, 5) is 34.0. The normalized spacial score (nSPS) is 11.2. The van der Waals surface area contributed by atoms with E-state index in [1.807, 2.05) is 22.8 Å². The standard InChI is InChI=1S/C17H17FN2O2.C16H17FN2O4.C16H19FN2O2.C10H13FN2O3.C6H3F2NO2/c1-17(2,21)10-20-11-19-15-8-7-14(9-16(15)20)22-13-5-3-12(18)4-6-13;1-16(2,20)10-18-14-9-13(7-8-15(14)19(21)22)23-12-5-3-11(17)4-6-12;1-16(2,20)10-19-15-9-13(7-8-14(15)18)21-12-5-3-11(17)4-6-12;1-10(2,14)6-12-8-5-7(11)3-4-9(8)13(15)16;7-4-1-2-6(9(10)11)5(8)3-4/h3-9,11,21H,10H2,1-2H3;3-9,18,20H,10H2,1-2H3;3-9,19-20H,10,18H2,1-2H3;3-5,12,14H,6H2,1-2H3;1-3H. The molecule has 22 nitrogen and oxygen atoms in total. The first-order valence-corrected chi connectivity index (χ1v) is 28.0. The van der Waals surface area contributed by atoms with E-state index in [9.17, 15) is 77.1 Å². The first-order chi connectivity index (χ1) is 43.4. The molecule has 1 aromatic heterocycles. The summed E-state index contributed by atoms with van der Waals surface area (Å²) in [7, 11) is 0. The van der Waals surface area contributed by atoms with E-state index in [0.29, 0.717) is 65.0 Å². The highest BCUT2D eigenvalue weighted by molar-refractivity contribution is 5.77. The molecule has 9 aromatic rings. The second kappa shape index (κ2) is 32.5. The number of hydrogen-bond donors (Lipinski definition) is 8. The van der Waals surface area contributed by atoms with Crippen molar-refractivity contribution in [1.82, 2.24) is 9.55 Å². The van der Waals surface area contributed by atoms with Gasteiger partial charge in [-0.3, -0.25) is 30.3 Å². The van der Waals surface area contributed by atoms with Crippen LogP contribution in [-0.4, -0.2) is 86.8 Å². The second-order valence-electron chi connectivity index (χ2n) is 23.0. The highest BCUT2D eigenvalue weighted by atomic mass is 19.1. The Morgan fingerprint density at radius 2 is 0.763 bits per heavy atom. The van der Waals surface area contributed by atoms with Crippen LogP contribution in [0.4, 0.5) is 66.2 Å². The van der Waals surface area contributed by atoms with E-state index in [0.717, 1.165) is 41.4 Å². The monoisotopic (exact) mass is 1300 g/mol. The minimum Gasteiger partial charge on any atom is -0.457 e. The number of halogens is 6. The number of nitrogen functional groups attached to an aromatic ring is 1. The number of hydrogen-bond acceptors (Lipinski definition) is 18. The van der Waals surface area contributed by atoms with Crippen LogP contribution < -0.4 is 35.9 Å². The number of anilines is 4. The summed E-state index contributed by atoms with van der Waals surface area (Å²) in [6.07, 6.45) is 1.70. The summed E-state index contributed by atoms with van der Waals surface area (Å²) in [5.41, 5.74) is 4.33. The minimum atomic E-state index is -1.16. The first kappa shape index (κ1) is 73.2. The summed E-state index contributed by atoms with van der Waals surface area (Å²) >= 11 is 0. The van der Waals surface area contributed by atoms with Crippen molar-refractivity contribution in [3.63, 3.8) is 0 Å². The van der Waals surface area contributed by atoms with Crippen molar-refractivity contribution in [2.24, 2.45) is 0 Å². The molecule has 0 fully saturated rings. The number of nitrogens with two attached hydrogens (primary N) is 1. The topological polar surface area (TPSA) is 318 Å². The van der Waals surface area contributed by atoms with Crippen LogP contribution >= 0.6 is 0 Å². The average molecular weight is 1300 g/mol. The fraction of sp³-hybridized carbons (Fsp3) is 0.246. The predicted molar refractivity (Wildman–Crippen MR) is 340 cm³/mol. The Bertz CT molecular complexity index is 3950. The van der Waals surface area contributed by atoms with Crippen molar-refractivity contribution < 1.29 is 75.7 Å². The van der Waals surface area contributed by atoms with Gasteiger partial charge in [0.05, 0.1) is 72.5 Å². The number of benzene rings is 8. The van der Waals surface area contributed by atoms with E-state index in [1.165, 1.54) is 66.7 Å². The van der Waals surface area contributed by atoms with E-state index >= 15 is 0 Å². The Kier molecular flexibility index (Phi) is 25.5. The van der Waals surface area contributed by atoms with Crippen LogP contribution in [0.2, 0.25) is 0 Å². The number of nitro benzene ring substituents is 3. The summed E-state index contributed by atoms with van der Waals surface area (Å²) in [5.74, 6) is -0.456. The molecule has 1 heterocycles. The van der Waals surface area contributed by atoms with Crippen LogP contribution in [0.5, 0.6) is 34.5 Å². The average Bonchev–Trinajstić information content (AvgIpc) is 1.74. The zero-order chi connectivity index (χ0) is 69.0. The number of aromatic nitrogens is 2. The molecule has 0 atom stereocenters. The Morgan fingerprint density at radius 1 is 0.430 bits per heavy atom. The van der Waals surface area contributed by atoms with Gasteiger partial charge in [-0.1, -0.05) is 0 Å². The number of nitro groups is 3. The molecule has 0 spiro atoms. The van der Waals surface area contributed by atoms with Gasteiger partial charge in [-0.2, -0.15) is 4.39 Å². The zero-order valence-corrected chi connectivity index (χ0v) is 51.5.